The molecule has 0 radical (unpaired) electrons. The Morgan fingerprint density at radius 2 is 1.92 bits per heavy atom. The Hall–Kier alpha value is -2.01. The van der Waals surface area contributed by atoms with Crippen LogP contribution >= 0.6 is 0 Å². The first-order chi connectivity index (χ1) is 5.61. The second-order valence-electron chi connectivity index (χ2n) is 1.87. The van der Waals surface area contributed by atoms with Crippen LogP contribution in [0.5, 0.6) is 0 Å². The third-order valence-corrected chi connectivity index (χ3v) is 1.00. The number of hydrogen-bond acceptors (Lipinski definition) is 4. The van der Waals surface area contributed by atoms with Gasteiger partial charge in [0.1, 0.15) is 11.1 Å². The highest BCUT2D eigenvalue weighted by molar-refractivity contribution is 4.98. The van der Waals surface area contributed by atoms with Crippen LogP contribution in [-0.2, 0) is 0 Å². The molecule has 0 aromatic carbocycles. The Morgan fingerprint density at radius 3 is 2.25 bits per heavy atom. The number of nitrogens with zero attached hydrogens (tertiary/aromatic N) is 1. The molecule has 64 valence electrons. The van der Waals surface area contributed by atoms with Crippen LogP contribution in [-0.4, -0.2) is 9.97 Å². The minimum Gasteiger partial charge on any atom is -0.314 e. The van der Waals surface area contributed by atoms with Crippen LogP contribution in [0.1, 0.15) is 5.56 Å². The van der Waals surface area contributed by atoms with E-state index in [0.29, 0.717) is 5.56 Å². The predicted molar refractivity (Wildman–Crippen MR) is 40.0 cm³/mol. The third-order valence-electron chi connectivity index (χ3n) is 1.00. The summed E-state index contributed by atoms with van der Waals surface area (Å²) in [7, 11) is 0. The van der Waals surface area contributed by atoms with Crippen LogP contribution in [0.2, 0.25) is 0 Å². The molecule has 0 saturated carbocycles. The lowest BCUT2D eigenvalue weighted by Gasteiger charge is -1.84. The van der Waals surface area contributed by atoms with Crippen molar-refractivity contribution in [3.63, 3.8) is 0 Å². The van der Waals surface area contributed by atoms with E-state index in [4.69, 9.17) is 11.1 Å². The van der Waals surface area contributed by atoms with E-state index in [2.05, 4.69) is 9.97 Å². The number of aromatic nitrogens is 2. The number of H-pyrrole nitrogens is 2. The van der Waals surface area contributed by atoms with Gasteiger partial charge in [-0.1, -0.05) is 0 Å². The van der Waals surface area contributed by atoms with Gasteiger partial charge in [0.15, 0.2) is 0 Å². The van der Waals surface area contributed by atoms with Crippen molar-refractivity contribution in [2.45, 2.75) is 6.92 Å². The van der Waals surface area contributed by atoms with Crippen LogP contribution in [0.4, 0.5) is 0 Å². The fourth-order valence-electron chi connectivity index (χ4n) is 0.477. The Bertz CT molecular complexity index is 383. The number of hydrogen-bond donors (Lipinski definition) is 4. The molecule has 12 heavy (non-hydrogen) atoms. The zero-order chi connectivity index (χ0) is 9.56. The molecule has 0 atom stereocenters. The first-order valence-electron chi connectivity index (χ1n) is 2.93. The molecule has 0 saturated heterocycles. The van der Waals surface area contributed by atoms with E-state index in [-0.39, 0.29) is 5.56 Å². The van der Waals surface area contributed by atoms with Crippen LogP contribution in [0.25, 0.3) is 0 Å². The first kappa shape index (κ1) is 9.99. The summed E-state index contributed by atoms with van der Waals surface area (Å²) < 4.78 is 0. The number of nitrogens with one attached hydrogen (secondary N) is 4. The molecule has 4 N–H and O–H groups in total. The second-order valence-corrected chi connectivity index (χ2v) is 1.87. The number of aryl methyl sites for hydroxylation is 1. The van der Waals surface area contributed by atoms with Crippen LogP contribution in [0.3, 0.4) is 0 Å². The van der Waals surface area contributed by atoms with Gasteiger partial charge < -0.3 is 4.98 Å². The molecule has 7 nitrogen and oxygen atoms in total. The minimum absolute atomic E-state index is 0.334. The zero-order valence-electron chi connectivity index (χ0n) is 6.34. The van der Waals surface area contributed by atoms with Gasteiger partial charge in [0.05, 0.1) is 0 Å². The van der Waals surface area contributed by atoms with Gasteiger partial charge in [-0.15, -0.1) is 0 Å². The summed E-state index contributed by atoms with van der Waals surface area (Å²) in [5.41, 5.74) is 10.7. The molecule has 0 unspecified atom stereocenters. The molecule has 1 rings (SSSR count). The predicted octanol–water partition coefficient (Wildman–Crippen LogP) is -0.513. The van der Waals surface area contributed by atoms with E-state index in [1.807, 2.05) is 4.91 Å². The van der Waals surface area contributed by atoms with Crippen LogP contribution in [0, 0.1) is 18.0 Å². The maximum Gasteiger partial charge on any atom is 0.325 e. The SMILES string of the molecule is Cc1c[nH]c(=O)[nH]c1=O.N=[N+]=N. The fourth-order valence-corrected chi connectivity index (χ4v) is 0.477. The molecule has 0 spiro atoms. The van der Waals surface area contributed by atoms with Gasteiger partial charge in [0.2, 0.25) is 4.91 Å². The lowest BCUT2D eigenvalue weighted by atomic mass is 10.4. The topological polar surface area (TPSA) is 128 Å². The number of rotatable bonds is 0. The lowest BCUT2D eigenvalue weighted by molar-refractivity contribution is 0.928. The largest absolute Gasteiger partial charge is 0.325 e. The van der Waals surface area contributed by atoms with E-state index in [1.54, 1.807) is 6.92 Å². The third kappa shape index (κ3) is 3.23. The molecule has 0 fully saturated rings. The minimum atomic E-state index is -0.467. The smallest absolute Gasteiger partial charge is 0.314 e. The van der Waals surface area contributed by atoms with Crippen LogP contribution < -0.4 is 16.2 Å². The van der Waals surface area contributed by atoms with Crippen molar-refractivity contribution in [1.82, 2.24) is 14.9 Å². The summed E-state index contributed by atoms with van der Waals surface area (Å²) in [5, 5.41) is 0. The van der Waals surface area contributed by atoms with Crippen molar-refractivity contribution >= 4 is 0 Å². The fraction of sp³-hybridized carbons (Fsp3) is 0.200. The van der Waals surface area contributed by atoms with E-state index in [0.717, 1.165) is 0 Å². The maximum atomic E-state index is 10.6. The first-order valence-corrected chi connectivity index (χ1v) is 2.93. The highest BCUT2D eigenvalue weighted by Crippen LogP contribution is 1.73. The average molecular weight is 170 g/mol. The molecule has 7 heteroatoms. The molecule has 0 bridgehead atoms. The van der Waals surface area contributed by atoms with Gasteiger partial charge in [-0.2, -0.15) is 0 Å². The summed E-state index contributed by atoms with van der Waals surface area (Å²) >= 11 is 0. The Balaban J connectivity index is 0.000000354. The Morgan fingerprint density at radius 1 is 1.42 bits per heavy atom. The van der Waals surface area contributed by atoms with Crippen molar-refractivity contribution < 1.29 is 0 Å². The summed E-state index contributed by atoms with van der Waals surface area (Å²) in [4.78, 5) is 27.3. The van der Waals surface area contributed by atoms with Crippen molar-refractivity contribution in [2.75, 3.05) is 0 Å². The maximum absolute atomic E-state index is 10.6. The monoisotopic (exact) mass is 170 g/mol. The molecule has 1 aromatic rings. The van der Waals surface area contributed by atoms with Crippen molar-refractivity contribution in [1.29, 1.82) is 11.1 Å². The Labute approximate surface area is 66.5 Å². The van der Waals surface area contributed by atoms with Crippen LogP contribution in [0.15, 0.2) is 15.8 Å². The Kier molecular flexibility index (Phi) is 3.96. The van der Waals surface area contributed by atoms with Crippen molar-refractivity contribution in [3.05, 3.63) is 32.6 Å². The molecular weight excluding hydrogens is 162 g/mol. The van der Waals surface area contributed by atoms with Gasteiger partial charge in [-0.05, 0) is 6.92 Å². The molecular formula is C5H8N5O2+. The van der Waals surface area contributed by atoms with E-state index in [9.17, 15) is 9.59 Å². The molecule has 1 heterocycles. The summed E-state index contributed by atoms with van der Waals surface area (Å²) in [5.74, 6) is 0. The van der Waals surface area contributed by atoms with E-state index < -0.39 is 5.69 Å². The quantitative estimate of drug-likeness (QED) is 0.309. The normalized spacial score (nSPS) is 7.75. The van der Waals surface area contributed by atoms with Gasteiger partial charge in [-0.3, -0.25) is 9.78 Å². The van der Waals surface area contributed by atoms with Gasteiger partial charge in [0, 0.05) is 11.8 Å². The lowest BCUT2D eigenvalue weighted by Crippen LogP contribution is -2.22. The average Bonchev–Trinajstić information content (AvgIpc) is 1.99. The van der Waals surface area contributed by atoms with Gasteiger partial charge >= 0.3 is 5.69 Å². The molecule has 0 aliphatic carbocycles. The van der Waals surface area contributed by atoms with E-state index >= 15 is 0 Å². The zero-order valence-corrected chi connectivity index (χ0v) is 6.34. The standard InChI is InChI=1S/C5H6N2O2.H2N3/c1-3-2-6-5(9)7-4(3)8;1-3-2/h2H,1H3,(H2,6,7,8,9);1-2H/q;+1. The van der Waals surface area contributed by atoms with Gasteiger partial charge in [-0.25, -0.2) is 4.79 Å². The summed E-state index contributed by atoms with van der Waals surface area (Å²) in [6, 6.07) is 0. The molecule has 0 aliphatic heterocycles. The summed E-state index contributed by atoms with van der Waals surface area (Å²) in [6.45, 7) is 1.62. The molecule has 0 amide bonds. The summed E-state index contributed by atoms with van der Waals surface area (Å²) in [6.07, 6.45) is 1.38. The van der Waals surface area contributed by atoms with Gasteiger partial charge in [0.25, 0.3) is 5.56 Å². The molecule has 1 aromatic heterocycles. The molecule has 0 aliphatic rings. The highest BCUT2D eigenvalue weighted by Gasteiger charge is 1.88. The van der Waals surface area contributed by atoms with E-state index in [1.165, 1.54) is 6.20 Å². The van der Waals surface area contributed by atoms with Crippen molar-refractivity contribution in [2.24, 2.45) is 0 Å². The van der Waals surface area contributed by atoms with Crippen molar-refractivity contribution in [3.8, 4) is 0 Å². The second kappa shape index (κ2) is 4.75. The number of aromatic amines is 2. The highest BCUT2D eigenvalue weighted by atomic mass is 16.2.